The number of piperidine rings is 2. The van der Waals surface area contributed by atoms with Crippen molar-refractivity contribution >= 4 is 28.8 Å². The monoisotopic (exact) mass is 700 g/mol. The predicted octanol–water partition coefficient (Wildman–Crippen LogP) is 5.09. The average molecular weight is 701 g/mol. The first-order chi connectivity index (χ1) is 24.1. The molecule has 2 saturated heterocycles. The maximum Gasteiger partial charge on any atom is 0.280 e. The molecule has 13 heteroatoms. The van der Waals surface area contributed by atoms with Crippen molar-refractivity contribution in [1.82, 2.24) is 24.3 Å². The molecule has 7 rings (SSSR count). The number of nitrogen functional groups attached to an aromatic ring is 1. The fourth-order valence-corrected chi connectivity index (χ4v) is 8.41. The van der Waals surface area contributed by atoms with Crippen molar-refractivity contribution in [2.45, 2.75) is 69.4 Å². The van der Waals surface area contributed by atoms with Gasteiger partial charge < -0.3 is 25.4 Å². The summed E-state index contributed by atoms with van der Waals surface area (Å²) in [6.45, 7) is 3.42. The first kappa shape index (κ1) is 33.9. The average Bonchev–Trinajstić information content (AvgIpc) is 3.48. The summed E-state index contributed by atoms with van der Waals surface area (Å²) in [5.74, 6) is -0.286. The number of rotatable bonds is 8. The summed E-state index contributed by atoms with van der Waals surface area (Å²) < 4.78 is 20.1. The van der Waals surface area contributed by atoms with E-state index in [1.54, 1.807) is 4.90 Å². The third kappa shape index (κ3) is 6.88. The van der Waals surface area contributed by atoms with Crippen LogP contribution in [0.4, 0.5) is 10.1 Å². The SMILES string of the molecule is Cc1nc(C2CCC2)sc1C(=O)N1CC[C@@H](C(=O)N2CCC(O)(Cn3cnc(Oc4ccc(F)cc4)c(N)c3=O)CC2)[C@H](c2ccccc2)C1. The smallest absolute Gasteiger partial charge is 0.280 e. The molecule has 0 unspecified atom stereocenters. The Bertz CT molecular complexity index is 1920. The Kier molecular flexibility index (Phi) is 9.44. The van der Waals surface area contributed by atoms with Crippen molar-refractivity contribution in [2.24, 2.45) is 5.92 Å². The van der Waals surface area contributed by atoms with Crippen LogP contribution in [0.25, 0.3) is 0 Å². The van der Waals surface area contributed by atoms with Crippen LogP contribution >= 0.6 is 11.3 Å². The number of benzene rings is 2. The standard InChI is InChI=1S/C37H41FN6O5S/c1-23-31(50-33(41-23)25-8-5-9-25)36(47)43-17-14-28(29(20-43)24-6-3-2-4-7-24)34(45)42-18-15-37(48,16-19-42)21-44-22-40-32(30(39)35(44)46)49-27-12-10-26(38)11-13-27/h2-4,6-7,10-13,22,25,28-29,48H,5,8-9,14-21,39H2,1H3/t28-,29+/m1/s1. The number of aromatic nitrogens is 3. The molecule has 262 valence electrons. The van der Waals surface area contributed by atoms with Gasteiger partial charge in [0.2, 0.25) is 11.8 Å². The van der Waals surface area contributed by atoms with E-state index in [0.717, 1.165) is 29.1 Å². The largest absolute Gasteiger partial charge is 0.437 e. The number of likely N-dealkylation sites (tertiary alicyclic amines) is 2. The van der Waals surface area contributed by atoms with Gasteiger partial charge >= 0.3 is 0 Å². The van der Waals surface area contributed by atoms with Crippen LogP contribution < -0.4 is 16.0 Å². The van der Waals surface area contributed by atoms with Gasteiger partial charge in [-0.1, -0.05) is 36.8 Å². The molecule has 11 nitrogen and oxygen atoms in total. The second-order valence-corrected chi connectivity index (χ2v) is 14.8. The van der Waals surface area contributed by atoms with Crippen molar-refractivity contribution in [1.29, 1.82) is 0 Å². The summed E-state index contributed by atoms with van der Waals surface area (Å²) in [6.07, 6.45) is 5.80. The van der Waals surface area contributed by atoms with E-state index in [0.29, 0.717) is 43.4 Å². The lowest BCUT2D eigenvalue weighted by atomic mass is 9.79. The molecule has 3 aliphatic rings. The molecule has 3 N–H and O–H groups in total. The molecule has 3 fully saturated rings. The molecule has 2 aliphatic heterocycles. The summed E-state index contributed by atoms with van der Waals surface area (Å²) in [5.41, 5.74) is 5.80. The first-order valence-electron chi connectivity index (χ1n) is 17.2. The van der Waals surface area contributed by atoms with Crippen molar-refractivity contribution in [3.63, 3.8) is 0 Å². The minimum absolute atomic E-state index is 0.0131. The summed E-state index contributed by atoms with van der Waals surface area (Å²) in [6, 6.07) is 15.2. The number of carbonyl (C=O) groups is 2. The Labute approximate surface area is 293 Å². The van der Waals surface area contributed by atoms with E-state index in [9.17, 15) is 23.9 Å². The van der Waals surface area contributed by atoms with Crippen molar-refractivity contribution in [2.75, 3.05) is 31.9 Å². The third-order valence-electron chi connectivity index (χ3n) is 10.4. The number of ether oxygens (including phenoxy) is 1. The lowest BCUT2D eigenvalue weighted by molar-refractivity contribution is -0.142. The van der Waals surface area contributed by atoms with E-state index < -0.39 is 17.0 Å². The molecule has 2 atom stereocenters. The summed E-state index contributed by atoms with van der Waals surface area (Å²) in [7, 11) is 0. The lowest BCUT2D eigenvalue weighted by Crippen LogP contribution is -2.53. The van der Waals surface area contributed by atoms with E-state index in [1.807, 2.05) is 42.2 Å². The van der Waals surface area contributed by atoms with Gasteiger partial charge in [0.15, 0.2) is 5.69 Å². The van der Waals surface area contributed by atoms with Gasteiger partial charge in [0.25, 0.3) is 11.5 Å². The second kappa shape index (κ2) is 13.9. The fourth-order valence-electron chi connectivity index (χ4n) is 7.21. The summed E-state index contributed by atoms with van der Waals surface area (Å²) in [4.78, 5) is 54.3. The minimum Gasteiger partial charge on any atom is -0.437 e. The first-order valence-corrected chi connectivity index (χ1v) is 18.0. The summed E-state index contributed by atoms with van der Waals surface area (Å²) in [5, 5.41) is 12.6. The Balaban J connectivity index is 1.01. The van der Waals surface area contributed by atoms with Crippen molar-refractivity contribution in [3.8, 4) is 11.6 Å². The van der Waals surface area contributed by atoms with Gasteiger partial charge in [-0.05, 0) is 68.9 Å². The molecule has 4 aromatic rings. The van der Waals surface area contributed by atoms with Crippen LogP contribution in [0.1, 0.15) is 76.3 Å². The van der Waals surface area contributed by atoms with Crippen LogP contribution in [0, 0.1) is 18.7 Å². The molecule has 2 aromatic carbocycles. The Morgan fingerprint density at radius 3 is 2.44 bits per heavy atom. The van der Waals surface area contributed by atoms with E-state index >= 15 is 0 Å². The topological polar surface area (TPSA) is 144 Å². The highest BCUT2D eigenvalue weighted by atomic mass is 32.1. The maximum absolute atomic E-state index is 14.1. The molecular formula is C37H41FN6O5S. The van der Waals surface area contributed by atoms with Crippen LogP contribution in [0.2, 0.25) is 0 Å². The van der Waals surface area contributed by atoms with Crippen molar-refractivity contribution in [3.05, 3.63) is 98.2 Å². The number of carbonyl (C=O) groups excluding carboxylic acids is 2. The van der Waals surface area contributed by atoms with Gasteiger partial charge in [0.05, 0.1) is 22.8 Å². The predicted molar refractivity (Wildman–Crippen MR) is 187 cm³/mol. The Morgan fingerprint density at radius 1 is 1.04 bits per heavy atom. The molecule has 50 heavy (non-hydrogen) atoms. The Hall–Kier alpha value is -4.62. The highest BCUT2D eigenvalue weighted by Gasteiger charge is 2.42. The number of amides is 2. The minimum atomic E-state index is -1.26. The number of thiazole rings is 1. The zero-order valence-electron chi connectivity index (χ0n) is 28.0. The van der Waals surface area contributed by atoms with Gasteiger partial charge in [-0.3, -0.25) is 19.0 Å². The highest BCUT2D eigenvalue weighted by molar-refractivity contribution is 7.13. The van der Waals surface area contributed by atoms with Crippen LogP contribution in [0.15, 0.2) is 65.7 Å². The molecule has 2 aromatic heterocycles. The van der Waals surface area contributed by atoms with Crippen LogP contribution in [0.5, 0.6) is 11.6 Å². The number of hydrogen-bond donors (Lipinski definition) is 2. The number of halogens is 1. The highest BCUT2D eigenvalue weighted by Crippen LogP contribution is 2.41. The number of aryl methyl sites for hydroxylation is 1. The van der Waals surface area contributed by atoms with Gasteiger partial charge in [-0.15, -0.1) is 11.3 Å². The van der Waals surface area contributed by atoms with Gasteiger partial charge in [-0.2, -0.15) is 0 Å². The fraction of sp³-hybridized carbons (Fsp3) is 0.432. The Morgan fingerprint density at radius 2 is 1.76 bits per heavy atom. The molecule has 0 bridgehead atoms. The van der Waals surface area contributed by atoms with E-state index in [-0.39, 0.29) is 60.4 Å². The van der Waals surface area contributed by atoms with Gasteiger partial charge in [-0.25, -0.2) is 14.4 Å². The molecule has 0 spiro atoms. The van der Waals surface area contributed by atoms with Gasteiger partial charge in [0, 0.05) is 43.9 Å². The summed E-state index contributed by atoms with van der Waals surface area (Å²) >= 11 is 1.52. The molecule has 2 amide bonds. The van der Waals surface area contributed by atoms with E-state index in [2.05, 4.69) is 4.98 Å². The molecule has 1 saturated carbocycles. The molecule has 0 radical (unpaired) electrons. The van der Waals surface area contributed by atoms with E-state index in [4.69, 9.17) is 15.5 Å². The number of aliphatic hydroxyl groups is 1. The van der Waals surface area contributed by atoms with E-state index in [1.165, 1.54) is 52.9 Å². The molecule has 4 heterocycles. The van der Waals surface area contributed by atoms with Crippen LogP contribution in [0.3, 0.4) is 0 Å². The quantitative estimate of drug-likeness (QED) is 0.259. The third-order valence-corrected chi connectivity index (χ3v) is 11.7. The van der Waals surface area contributed by atoms with Gasteiger partial charge in [0.1, 0.15) is 22.8 Å². The number of anilines is 1. The second-order valence-electron chi connectivity index (χ2n) is 13.8. The lowest BCUT2D eigenvalue weighted by Gasteiger charge is -2.43. The molecule has 1 aliphatic carbocycles. The van der Waals surface area contributed by atoms with Crippen molar-refractivity contribution < 1.29 is 23.8 Å². The normalized spacial score (nSPS) is 20.7. The number of hydrogen-bond acceptors (Lipinski definition) is 9. The number of nitrogens with zero attached hydrogens (tertiary/aromatic N) is 5. The van der Waals surface area contributed by atoms with Crippen LogP contribution in [-0.4, -0.2) is 73.0 Å². The van der Waals surface area contributed by atoms with Crippen LogP contribution in [-0.2, 0) is 11.3 Å². The molecular weight excluding hydrogens is 660 g/mol. The number of nitrogens with two attached hydrogens (primary N) is 1. The zero-order chi connectivity index (χ0) is 35.0. The zero-order valence-corrected chi connectivity index (χ0v) is 28.8. The maximum atomic E-state index is 14.1.